The Morgan fingerprint density at radius 2 is 1.82 bits per heavy atom. The first-order chi connectivity index (χ1) is 15.5. The molecule has 0 heterocycles. The van der Waals surface area contributed by atoms with Crippen molar-refractivity contribution in [3.05, 3.63) is 64.9 Å². The third kappa shape index (κ3) is 8.01. The summed E-state index contributed by atoms with van der Waals surface area (Å²) < 4.78 is 39.4. The van der Waals surface area contributed by atoms with Gasteiger partial charge in [0.15, 0.2) is 0 Å². The fraction of sp³-hybridized carbons (Fsp3) is 0.391. The minimum absolute atomic E-state index is 0.0253. The number of anilines is 1. The van der Waals surface area contributed by atoms with Crippen molar-refractivity contribution in [1.82, 2.24) is 10.2 Å². The Kier molecular flexibility index (Phi) is 9.67. The molecule has 0 aliphatic heterocycles. The molecule has 0 aromatic heterocycles. The number of carbonyl (C=O) groups excluding carboxylic acids is 2. The molecule has 0 saturated carbocycles. The Labute approximate surface area is 199 Å². The van der Waals surface area contributed by atoms with Crippen LogP contribution >= 0.6 is 11.6 Å². The van der Waals surface area contributed by atoms with E-state index in [1.807, 2.05) is 6.92 Å². The maximum atomic E-state index is 13.7. The molecule has 0 radical (unpaired) electrons. The van der Waals surface area contributed by atoms with E-state index in [1.165, 1.54) is 23.1 Å². The van der Waals surface area contributed by atoms with Gasteiger partial charge in [0.05, 0.1) is 11.9 Å². The lowest BCUT2D eigenvalue weighted by atomic mass is 10.1. The molecule has 33 heavy (non-hydrogen) atoms. The van der Waals surface area contributed by atoms with Crippen LogP contribution in [0.15, 0.2) is 48.5 Å². The highest BCUT2D eigenvalue weighted by Crippen LogP contribution is 2.20. The number of nitrogens with zero attached hydrogens (tertiary/aromatic N) is 2. The summed E-state index contributed by atoms with van der Waals surface area (Å²) in [6.45, 7) is 3.54. The molecule has 2 aromatic rings. The Balaban J connectivity index is 2.33. The molecule has 1 N–H and O–H groups in total. The monoisotopic (exact) mass is 497 g/mol. The molecule has 0 fully saturated rings. The van der Waals surface area contributed by atoms with Crippen LogP contribution in [0.5, 0.6) is 0 Å². The van der Waals surface area contributed by atoms with Gasteiger partial charge in [-0.05, 0) is 49.2 Å². The van der Waals surface area contributed by atoms with E-state index in [0.717, 1.165) is 35.0 Å². The second-order valence-corrected chi connectivity index (χ2v) is 10.1. The van der Waals surface area contributed by atoms with Gasteiger partial charge >= 0.3 is 0 Å². The molecule has 1 unspecified atom stereocenters. The van der Waals surface area contributed by atoms with E-state index in [0.29, 0.717) is 11.6 Å². The van der Waals surface area contributed by atoms with Gasteiger partial charge in [-0.1, -0.05) is 43.1 Å². The molecular formula is C23H29ClFN3O4S. The van der Waals surface area contributed by atoms with Crippen LogP contribution in [0.1, 0.15) is 32.3 Å². The molecule has 0 bridgehead atoms. The van der Waals surface area contributed by atoms with Gasteiger partial charge in [-0.3, -0.25) is 13.9 Å². The van der Waals surface area contributed by atoms with E-state index < -0.39 is 34.3 Å². The molecule has 10 heteroatoms. The highest BCUT2D eigenvalue weighted by Gasteiger charge is 2.30. The number of halogens is 2. The number of benzene rings is 2. The predicted octanol–water partition coefficient (Wildman–Crippen LogP) is 3.58. The molecule has 7 nitrogen and oxygen atoms in total. The fourth-order valence-corrected chi connectivity index (χ4v) is 4.12. The second kappa shape index (κ2) is 12.0. The summed E-state index contributed by atoms with van der Waals surface area (Å²) >= 11 is 5.95. The topological polar surface area (TPSA) is 86.8 Å². The maximum absolute atomic E-state index is 13.7. The first kappa shape index (κ1) is 26.6. The van der Waals surface area contributed by atoms with Crippen LogP contribution < -0.4 is 9.62 Å². The van der Waals surface area contributed by atoms with Crippen LogP contribution in [0.3, 0.4) is 0 Å². The average molecular weight is 498 g/mol. The van der Waals surface area contributed by atoms with Gasteiger partial charge in [0.2, 0.25) is 21.8 Å². The Morgan fingerprint density at radius 3 is 2.39 bits per heavy atom. The fourth-order valence-electron chi connectivity index (χ4n) is 3.15. The number of hydrogen-bond donors (Lipinski definition) is 1. The summed E-state index contributed by atoms with van der Waals surface area (Å²) in [5.74, 6) is -1.57. The molecule has 2 aromatic carbocycles. The van der Waals surface area contributed by atoms with E-state index in [2.05, 4.69) is 5.32 Å². The molecular weight excluding hydrogens is 469 g/mol. The van der Waals surface area contributed by atoms with Gasteiger partial charge in [-0.15, -0.1) is 0 Å². The predicted molar refractivity (Wildman–Crippen MR) is 128 cm³/mol. The first-order valence-corrected chi connectivity index (χ1v) is 12.8. The highest BCUT2D eigenvalue weighted by atomic mass is 35.5. The first-order valence-electron chi connectivity index (χ1n) is 10.6. The third-order valence-corrected chi connectivity index (χ3v) is 6.43. The van der Waals surface area contributed by atoms with Gasteiger partial charge in [-0.25, -0.2) is 12.8 Å². The number of hydrogen-bond acceptors (Lipinski definition) is 4. The minimum atomic E-state index is -3.90. The van der Waals surface area contributed by atoms with Crippen LogP contribution in [0, 0.1) is 5.82 Å². The summed E-state index contributed by atoms with van der Waals surface area (Å²) in [4.78, 5) is 27.3. The van der Waals surface area contributed by atoms with Gasteiger partial charge < -0.3 is 10.2 Å². The van der Waals surface area contributed by atoms with E-state index in [9.17, 15) is 22.4 Å². The highest BCUT2D eigenvalue weighted by molar-refractivity contribution is 7.92. The lowest BCUT2D eigenvalue weighted by Crippen LogP contribution is -2.51. The molecule has 2 rings (SSSR count). The summed E-state index contributed by atoms with van der Waals surface area (Å²) in [6.07, 6.45) is 2.64. The Hall–Kier alpha value is -2.65. The number of nitrogens with one attached hydrogen (secondary N) is 1. The maximum Gasteiger partial charge on any atom is 0.244 e. The van der Waals surface area contributed by atoms with Gasteiger partial charge in [0.25, 0.3) is 0 Å². The van der Waals surface area contributed by atoms with Crippen molar-refractivity contribution in [1.29, 1.82) is 0 Å². The number of unbranched alkanes of at least 4 members (excludes halogenated alkanes) is 1. The largest absolute Gasteiger partial charge is 0.354 e. The normalized spacial score (nSPS) is 12.2. The van der Waals surface area contributed by atoms with Crippen molar-refractivity contribution < 1.29 is 22.4 Å². The molecule has 2 amide bonds. The van der Waals surface area contributed by atoms with Crippen LogP contribution in [0.25, 0.3) is 0 Å². The van der Waals surface area contributed by atoms with Gasteiger partial charge in [-0.2, -0.15) is 0 Å². The van der Waals surface area contributed by atoms with Gasteiger partial charge in [0, 0.05) is 18.1 Å². The van der Waals surface area contributed by atoms with Crippen LogP contribution in [0.4, 0.5) is 10.1 Å². The minimum Gasteiger partial charge on any atom is -0.354 e. The van der Waals surface area contributed by atoms with Crippen molar-refractivity contribution >= 4 is 39.1 Å². The molecule has 1 atom stereocenters. The second-order valence-electron chi connectivity index (χ2n) is 7.72. The van der Waals surface area contributed by atoms with Crippen molar-refractivity contribution in [2.45, 2.75) is 39.3 Å². The zero-order valence-electron chi connectivity index (χ0n) is 18.9. The summed E-state index contributed by atoms with van der Waals surface area (Å²) in [7, 11) is -3.90. The summed E-state index contributed by atoms with van der Waals surface area (Å²) in [6, 6.07) is 10.9. The van der Waals surface area contributed by atoms with Crippen LogP contribution in [0.2, 0.25) is 5.02 Å². The molecule has 0 aliphatic carbocycles. The number of carbonyl (C=O) groups is 2. The lowest BCUT2D eigenvalue weighted by Gasteiger charge is -2.31. The van der Waals surface area contributed by atoms with E-state index in [4.69, 9.17) is 11.6 Å². The average Bonchev–Trinajstić information content (AvgIpc) is 2.75. The Bertz CT molecular complexity index is 1060. The Morgan fingerprint density at radius 1 is 1.15 bits per heavy atom. The standard InChI is InChI=1S/C23H29ClFN3O4S/c1-4-5-13-26-23(30)17(2)27(15-18-9-11-19(24)12-10-18)22(29)16-28(33(3,31)32)21-8-6-7-20(25)14-21/h6-12,14,17H,4-5,13,15-16H2,1-3H3,(H,26,30). The van der Waals surface area contributed by atoms with E-state index in [1.54, 1.807) is 31.2 Å². The quantitative estimate of drug-likeness (QED) is 0.481. The van der Waals surface area contributed by atoms with Crippen molar-refractivity contribution in [3.63, 3.8) is 0 Å². The number of rotatable bonds is 11. The smallest absolute Gasteiger partial charge is 0.244 e. The van der Waals surface area contributed by atoms with E-state index >= 15 is 0 Å². The van der Waals surface area contributed by atoms with Crippen molar-refractivity contribution in [3.8, 4) is 0 Å². The van der Waals surface area contributed by atoms with Gasteiger partial charge in [0.1, 0.15) is 18.4 Å². The third-order valence-electron chi connectivity index (χ3n) is 5.04. The zero-order valence-corrected chi connectivity index (χ0v) is 20.5. The van der Waals surface area contributed by atoms with Crippen molar-refractivity contribution in [2.75, 3.05) is 23.7 Å². The van der Waals surface area contributed by atoms with Crippen LogP contribution in [-0.4, -0.2) is 50.5 Å². The molecule has 0 aliphatic rings. The SMILES string of the molecule is CCCCNC(=O)C(C)N(Cc1ccc(Cl)cc1)C(=O)CN(c1cccc(F)c1)S(C)(=O)=O. The lowest BCUT2D eigenvalue weighted by molar-refractivity contribution is -0.139. The molecule has 0 spiro atoms. The number of amides is 2. The summed E-state index contributed by atoms with van der Waals surface area (Å²) in [5.41, 5.74) is 0.745. The zero-order chi connectivity index (χ0) is 24.6. The van der Waals surface area contributed by atoms with Crippen molar-refractivity contribution in [2.24, 2.45) is 0 Å². The molecule has 180 valence electrons. The van der Waals surface area contributed by atoms with E-state index in [-0.39, 0.29) is 18.1 Å². The molecule has 0 saturated heterocycles. The number of sulfonamides is 1. The van der Waals surface area contributed by atoms with Crippen LogP contribution in [-0.2, 0) is 26.2 Å². The summed E-state index contributed by atoms with van der Waals surface area (Å²) in [5, 5.41) is 3.33.